The Kier molecular flexibility index (Phi) is 3.19. The van der Waals surface area contributed by atoms with Crippen molar-refractivity contribution in [1.82, 2.24) is 14.9 Å². The minimum atomic E-state index is -0.154. The molecule has 0 atom stereocenters. The van der Waals surface area contributed by atoms with Crippen LogP contribution >= 0.6 is 11.8 Å². The highest BCUT2D eigenvalue weighted by Crippen LogP contribution is 2.19. The van der Waals surface area contributed by atoms with Gasteiger partial charge >= 0.3 is 0 Å². The normalized spacial score (nSPS) is 14.1. The largest absolute Gasteiger partial charge is 0.321 e. The number of benzene rings is 1. The van der Waals surface area contributed by atoms with Crippen molar-refractivity contribution in [2.75, 3.05) is 17.7 Å². The first-order valence-corrected chi connectivity index (χ1v) is 6.87. The minimum absolute atomic E-state index is 0.154. The average Bonchev–Trinajstić information content (AvgIpc) is 2.81. The van der Waals surface area contributed by atoms with Gasteiger partial charge in [-0.2, -0.15) is 0 Å². The van der Waals surface area contributed by atoms with Gasteiger partial charge < -0.3 is 5.43 Å². The average molecular weight is 264 g/mol. The molecule has 94 valence electrons. The molecule has 0 bridgehead atoms. The monoisotopic (exact) mass is 264 g/mol. The predicted octanol–water partition coefficient (Wildman–Crippen LogP) is 1.85. The van der Waals surface area contributed by atoms with E-state index >= 15 is 0 Å². The van der Waals surface area contributed by atoms with Crippen molar-refractivity contribution in [3.63, 3.8) is 0 Å². The zero-order valence-corrected chi connectivity index (χ0v) is 10.6. The van der Waals surface area contributed by atoms with Crippen LogP contribution < -0.4 is 5.43 Å². The molecule has 3 rings (SSSR count). The Hall–Kier alpha value is -1.56. The predicted molar refractivity (Wildman–Crippen MR) is 68.8 cm³/mol. The van der Waals surface area contributed by atoms with Crippen LogP contribution in [0.5, 0.6) is 0 Å². The van der Waals surface area contributed by atoms with Crippen LogP contribution in [0.2, 0.25) is 0 Å². The molecule has 1 aromatic carbocycles. The molecular formula is C12H13FN4S. The molecule has 1 aliphatic heterocycles. The summed E-state index contributed by atoms with van der Waals surface area (Å²) in [6.45, 7) is 0.905. The second-order valence-corrected chi connectivity index (χ2v) is 5.14. The summed E-state index contributed by atoms with van der Waals surface area (Å²) >= 11 is 1.69. The summed E-state index contributed by atoms with van der Waals surface area (Å²) < 4.78 is 15.4. The van der Waals surface area contributed by atoms with Gasteiger partial charge in [0.15, 0.2) is 5.82 Å². The van der Waals surface area contributed by atoms with E-state index in [9.17, 15) is 4.39 Å². The van der Waals surface area contributed by atoms with E-state index in [0.29, 0.717) is 12.8 Å². The first kappa shape index (κ1) is 11.5. The Morgan fingerprint density at radius 3 is 3.06 bits per heavy atom. The van der Waals surface area contributed by atoms with Gasteiger partial charge in [-0.3, -0.25) is 0 Å². The Labute approximate surface area is 109 Å². The highest BCUT2D eigenvalue weighted by atomic mass is 32.2. The van der Waals surface area contributed by atoms with E-state index in [1.807, 2.05) is 16.8 Å². The van der Waals surface area contributed by atoms with Crippen molar-refractivity contribution in [2.45, 2.75) is 18.0 Å². The van der Waals surface area contributed by atoms with Crippen LogP contribution in [0.25, 0.3) is 0 Å². The fraction of sp³-hybridized carbons (Fsp3) is 0.333. The molecule has 0 unspecified atom stereocenters. The summed E-state index contributed by atoms with van der Waals surface area (Å²) in [6, 6.07) is 6.86. The lowest BCUT2D eigenvalue weighted by atomic mass is 10.1. The molecular weight excluding hydrogens is 251 g/mol. The van der Waals surface area contributed by atoms with Crippen molar-refractivity contribution < 1.29 is 4.39 Å². The van der Waals surface area contributed by atoms with Crippen molar-refractivity contribution in [1.29, 1.82) is 0 Å². The van der Waals surface area contributed by atoms with Crippen LogP contribution in [0.1, 0.15) is 11.4 Å². The summed E-state index contributed by atoms with van der Waals surface area (Å²) in [6.07, 6.45) is 1.32. The number of halogens is 1. The number of aryl methyl sites for hydroxylation is 2. The van der Waals surface area contributed by atoms with Gasteiger partial charge in [0.1, 0.15) is 5.82 Å². The summed E-state index contributed by atoms with van der Waals surface area (Å²) in [5, 5.41) is 9.15. The standard InChI is InChI=1S/C12H13FN4S/c13-10-4-2-1-3-9(10)5-6-11-15-16-12-17(11)14-7-8-18-12/h1-4,14H,5-8H2. The fourth-order valence-electron chi connectivity index (χ4n) is 1.96. The molecule has 0 spiro atoms. The number of hydrogen-bond acceptors (Lipinski definition) is 4. The zero-order valence-electron chi connectivity index (χ0n) is 9.77. The summed E-state index contributed by atoms with van der Waals surface area (Å²) in [5.41, 5.74) is 3.96. The zero-order chi connectivity index (χ0) is 12.4. The lowest BCUT2D eigenvalue weighted by Crippen LogP contribution is -2.25. The van der Waals surface area contributed by atoms with Gasteiger partial charge in [0.05, 0.1) is 0 Å². The number of aromatic nitrogens is 3. The van der Waals surface area contributed by atoms with E-state index in [1.54, 1.807) is 17.8 Å². The molecule has 18 heavy (non-hydrogen) atoms. The highest BCUT2D eigenvalue weighted by Gasteiger charge is 2.16. The Morgan fingerprint density at radius 2 is 2.17 bits per heavy atom. The molecule has 2 heterocycles. The van der Waals surface area contributed by atoms with Crippen LogP contribution in [0, 0.1) is 5.82 Å². The Balaban J connectivity index is 1.74. The molecule has 2 aromatic rings. The molecule has 1 N–H and O–H groups in total. The molecule has 0 saturated carbocycles. The fourth-order valence-corrected chi connectivity index (χ4v) is 2.74. The number of nitrogens with zero attached hydrogens (tertiary/aromatic N) is 3. The second-order valence-electron chi connectivity index (χ2n) is 4.08. The Bertz CT molecular complexity index is 555. The molecule has 0 fully saturated rings. The van der Waals surface area contributed by atoms with Crippen LogP contribution in [-0.4, -0.2) is 27.2 Å². The maximum atomic E-state index is 13.5. The van der Waals surface area contributed by atoms with Crippen molar-refractivity contribution >= 4 is 11.8 Å². The number of rotatable bonds is 3. The lowest BCUT2D eigenvalue weighted by Gasteiger charge is -2.16. The summed E-state index contributed by atoms with van der Waals surface area (Å²) in [7, 11) is 0. The van der Waals surface area contributed by atoms with Gasteiger partial charge in [-0.25, -0.2) is 9.07 Å². The Morgan fingerprint density at radius 1 is 1.28 bits per heavy atom. The van der Waals surface area contributed by atoms with Crippen molar-refractivity contribution in [3.05, 3.63) is 41.5 Å². The lowest BCUT2D eigenvalue weighted by molar-refractivity contribution is 0.604. The highest BCUT2D eigenvalue weighted by molar-refractivity contribution is 7.99. The van der Waals surface area contributed by atoms with Gasteiger partial charge in [0, 0.05) is 18.7 Å². The first-order valence-electron chi connectivity index (χ1n) is 5.89. The molecule has 1 aromatic heterocycles. The number of nitrogens with one attached hydrogen (secondary N) is 1. The second kappa shape index (κ2) is 4.97. The third-order valence-corrected chi connectivity index (χ3v) is 3.81. The van der Waals surface area contributed by atoms with E-state index in [-0.39, 0.29) is 5.82 Å². The number of hydrogen-bond donors (Lipinski definition) is 1. The van der Waals surface area contributed by atoms with Gasteiger partial charge in [0.2, 0.25) is 5.16 Å². The number of thioether (sulfide) groups is 1. The van der Waals surface area contributed by atoms with Gasteiger partial charge in [-0.15, -0.1) is 10.2 Å². The quantitative estimate of drug-likeness (QED) is 0.918. The molecule has 4 nitrogen and oxygen atoms in total. The van der Waals surface area contributed by atoms with E-state index in [4.69, 9.17) is 0 Å². The van der Waals surface area contributed by atoms with Crippen LogP contribution in [0.15, 0.2) is 29.4 Å². The van der Waals surface area contributed by atoms with E-state index in [2.05, 4.69) is 15.6 Å². The van der Waals surface area contributed by atoms with E-state index < -0.39 is 0 Å². The molecule has 6 heteroatoms. The molecule has 0 aliphatic carbocycles. The third kappa shape index (κ3) is 2.20. The van der Waals surface area contributed by atoms with E-state index in [0.717, 1.165) is 28.8 Å². The van der Waals surface area contributed by atoms with Gasteiger partial charge in [-0.1, -0.05) is 30.0 Å². The van der Waals surface area contributed by atoms with E-state index in [1.165, 1.54) is 6.07 Å². The minimum Gasteiger partial charge on any atom is -0.321 e. The SMILES string of the molecule is Fc1ccccc1CCc1nnc2n1NCCS2. The molecule has 1 aliphatic rings. The third-order valence-electron chi connectivity index (χ3n) is 2.88. The molecule has 0 radical (unpaired) electrons. The topological polar surface area (TPSA) is 42.7 Å². The van der Waals surface area contributed by atoms with Crippen LogP contribution in [-0.2, 0) is 12.8 Å². The van der Waals surface area contributed by atoms with Crippen LogP contribution in [0.4, 0.5) is 4.39 Å². The first-order chi connectivity index (χ1) is 8.84. The maximum Gasteiger partial charge on any atom is 0.210 e. The smallest absolute Gasteiger partial charge is 0.210 e. The summed E-state index contributed by atoms with van der Waals surface area (Å²) in [4.78, 5) is 0. The maximum absolute atomic E-state index is 13.5. The molecule has 0 amide bonds. The molecule has 0 saturated heterocycles. The van der Waals surface area contributed by atoms with Crippen molar-refractivity contribution in [3.8, 4) is 0 Å². The van der Waals surface area contributed by atoms with Crippen molar-refractivity contribution in [2.24, 2.45) is 0 Å². The van der Waals surface area contributed by atoms with Gasteiger partial charge in [0.25, 0.3) is 0 Å². The number of fused-ring (bicyclic) bond motifs is 1. The van der Waals surface area contributed by atoms with Gasteiger partial charge in [-0.05, 0) is 18.1 Å². The summed E-state index contributed by atoms with van der Waals surface area (Å²) in [5.74, 6) is 1.71. The van der Waals surface area contributed by atoms with Crippen LogP contribution in [0.3, 0.4) is 0 Å².